The topological polar surface area (TPSA) is 52.6 Å². The predicted octanol–water partition coefficient (Wildman–Crippen LogP) is 0.457. The Morgan fingerprint density at radius 2 is 2.13 bits per heavy atom. The number of hydrogen-bond donors (Lipinski definition) is 2. The minimum absolute atomic E-state index is 0.0114. The third-order valence-corrected chi connectivity index (χ3v) is 2.55. The van der Waals surface area contributed by atoms with Crippen molar-refractivity contribution in [2.24, 2.45) is 0 Å². The van der Waals surface area contributed by atoms with Gasteiger partial charge in [0.1, 0.15) is 0 Å². The lowest BCUT2D eigenvalue weighted by atomic mass is 10.0. The van der Waals surface area contributed by atoms with Gasteiger partial charge in [-0.25, -0.2) is 5.01 Å². The zero-order chi connectivity index (χ0) is 10.7. The molecule has 1 aromatic rings. The number of benzene rings is 1. The maximum absolute atomic E-state index is 11.3. The Morgan fingerprint density at radius 1 is 1.40 bits per heavy atom. The van der Waals surface area contributed by atoms with E-state index in [-0.39, 0.29) is 18.6 Å². The normalized spacial score (nSPS) is 21.7. The fraction of sp³-hybridized carbons (Fsp3) is 0.364. The van der Waals surface area contributed by atoms with Crippen molar-refractivity contribution < 1.29 is 9.90 Å². The molecule has 15 heavy (non-hydrogen) atoms. The van der Waals surface area contributed by atoms with Crippen LogP contribution in [0, 0.1) is 0 Å². The van der Waals surface area contributed by atoms with Crippen LogP contribution in [-0.2, 0) is 4.79 Å². The van der Waals surface area contributed by atoms with Crippen LogP contribution in [0.25, 0.3) is 0 Å². The molecule has 1 saturated heterocycles. The highest BCUT2D eigenvalue weighted by Crippen LogP contribution is 2.26. The van der Waals surface area contributed by atoms with Crippen LogP contribution in [0.15, 0.2) is 30.3 Å². The van der Waals surface area contributed by atoms with Gasteiger partial charge in [0, 0.05) is 13.0 Å². The number of hydrogen-bond acceptors (Lipinski definition) is 3. The molecule has 0 spiro atoms. The van der Waals surface area contributed by atoms with Crippen LogP contribution in [0.2, 0.25) is 0 Å². The van der Waals surface area contributed by atoms with Gasteiger partial charge in [-0.05, 0) is 5.56 Å². The minimum Gasteiger partial charge on any atom is -0.395 e. The molecule has 0 radical (unpaired) electrons. The van der Waals surface area contributed by atoms with Gasteiger partial charge in [-0.1, -0.05) is 30.3 Å². The Morgan fingerprint density at radius 3 is 2.80 bits per heavy atom. The number of carbonyl (C=O) groups excluding carboxylic acids is 1. The summed E-state index contributed by atoms with van der Waals surface area (Å²) in [5.41, 5.74) is 3.84. The molecule has 4 heteroatoms. The third-order valence-electron chi connectivity index (χ3n) is 2.55. The average molecular weight is 206 g/mol. The number of hydrazine groups is 1. The largest absolute Gasteiger partial charge is 0.395 e. The van der Waals surface area contributed by atoms with Gasteiger partial charge in [-0.3, -0.25) is 10.2 Å². The first kappa shape index (κ1) is 10.1. The number of amides is 1. The maximum Gasteiger partial charge on any atom is 0.236 e. The molecule has 0 aliphatic carbocycles. The number of rotatable bonds is 3. The van der Waals surface area contributed by atoms with Gasteiger partial charge >= 0.3 is 0 Å². The summed E-state index contributed by atoms with van der Waals surface area (Å²) in [7, 11) is 0. The average Bonchev–Trinajstić information content (AvgIpc) is 2.62. The van der Waals surface area contributed by atoms with Crippen molar-refractivity contribution in [3.05, 3.63) is 35.9 Å². The van der Waals surface area contributed by atoms with E-state index < -0.39 is 0 Å². The molecule has 80 valence electrons. The third kappa shape index (κ3) is 2.16. The number of β-amino-alcohol motifs (C(OH)–C–C–N with tert-alkyl or cyclic N) is 1. The molecule has 2 rings (SSSR count). The molecule has 0 aromatic heterocycles. The van der Waals surface area contributed by atoms with E-state index in [0.717, 1.165) is 5.56 Å². The first-order valence-electron chi connectivity index (χ1n) is 5.03. The van der Waals surface area contributed by atoms with Gasteiger partial charge in [0.05, 0.1) is 12.6 Å². The van der Waals surface area contributed by atoms with E-state index in [1.165, 1.54) is 0 Å². The Kier molecular flexibility index (Phi) is 2.99. The summed E-state index contributed by atoms with van der Waals surface area (Å²) in [6.07, 6.45) is 0.462. The summed E-state index contributed by atoms with van der Waals surface area (Å²) in [6, 6.07) is 9.89. The monoisotopic (exact) mass is 206 g/mol. The van der Waals surface area contributed by atoms with Crippen LogP contribution in [0.5, 0.6) is 0 Å². The molecule has 1 amide bonds. The summed E-state index contributed by atoms with van der Waals surface area (Å²) < 4.78 is 0. The first-order chi connectivity index (χ1) is 7.31. The molecule has 1 fully saturated rings. The highest BCUT2D eigenvalue weighted by atomic mass is 16.3. The summed E-state index contributed by atoms with van der Waals surface area (Å²) in [6.45, 7) is 0.509. The van der Waals surface area contributed by atoms with Crippen molar-refractivity contribution in [3.8, 4) is 0 Å². The Balaban J connectivity index is 2.17. The highest BCUT2D eigenvalue weighted by Gasteiger charge is 2.30. The van der Waals surface area contributed by atoms with Gasteiger partial charge in [0.2, 0.25) is 5.91 Å². The lowest BCUT2D eigenvalue weighted by molar-refractivity contribution is -0.121. The van der Waals surface area contributed by atoms with E-state index in [0.29, 0.717) is 13.0 Å². The number of aliphatic hydroxyl groups is 1. The lowest BCUT2D eigenvalue weighted by Gasteiger charge is -2.22. The number of carbonyl (C=O) groups is 1. The minimum atomic E-state index is 0.0114. The van der Waals surface area contributed by atoms with E-state index >= 15 is 0 Å². The predicted molar refractivity (Wildman–Crippen MR) is 55.7 cm³/mol. The molecular formula is C11H14N2O2. The van der Waals surface area contributed by atoms with E-state index in [2.05, 4.69) is 5.43 Å². The van der Waals surface area contributed by atoms with Crippen LogP contribution in [-0.4, -0.2) is 29.2 Å². The smallest absolute Gasteiger partial charge is 0.236 e. The molecule has 1 heterocycles. The van der Waals surface area contributed by atoms with Crippen LogP contribution >= 0.6 is 0 Å². The number of nitrogens with zero attached hydrogens (tertiary/aromatic N) is 1. The molecule has 2 N–H and O–H groups in total. The number of nitrogens with one attached hydrogen (secondary N) is 1. The summed E-state index contributed by atoms with van der Waals surface area (Å²) in [5.74, 6) is 0.0114. The van der Waals surface area contributed by atoms with E-state index in [9.17, 15) is 4.79 Å². The van der Waals surface area contributed by atoms with Crippen molar-refractivity contribution in [2.45, 2.75) is 12.5 Å². The Hall–Kier alpha value is -1.39. The van der Waals surface area contributed by atoms with Crippen LogP contribution in [0.3, 0.4) is 0 Å². The summed E-state index contributed by atoms with van der Waals surface area (Å²) >= 11 is 0. The second-order valence-electron chi connectivity index (χ2n) is 3.58. The van der Waals surface area contributed by atoms with Crippen LogP contribution in [0.4, 0.5) is 0 Å². The Labute approximate surface area is 88.5 Å². The van der Waals surface area contributed by atoms with E-state index in [1.807, 2.05) is 30.3 Å². The van der Waals surface area contributed by atoms with Crippen molar-refractivity contribution >= 4 is 5.91 Å². The van der Waals surface area contributed by atoms with Crippen molar-refractivity contribution in [2.75, 3.05) is 13.2 Å². The molecular weight excluding hydrogens is 192 g/mol. The molecule has 1 aliphatic heterocycles. The molecule has 1 aliphatic rings. The SMILES string of the molecule is O=C1CC(c2ccccc2)N(CCO)N1. The molecule has 0 saturated carbocycles. The second kappa shape index (κ2) is 4.42. The van der Waals surface area contributed by atoms with Gasteiger partial charge < -0.3 is 5.11 Å². The van der Waals surface area contributed by atoms with E-state index in [4.69, 9.17) is 5.11 Å². The number of aliphatic hydroxyl groups excluding tert-OH is 1. The molecule has 0 bridgehead atoms. The maximum atomic E-state index is 11.3. The molecule has 1 atom stereocenters. The highest BCUT2D eigenvalue weighted by molar-refractivity contribution is 5.78. The quantitative estimate of drug-likeness (QED) is 0.755. The molecule has 1 unspecified atom stereocenters. The van der Waals surface area contributed by atoms with Gasteiger partial charge in [-0.15, -0.1) is 0 Å². The Bertz CT molecular complexity index is 340. The van der Waals surface area contributed by atoms with E-state index in [1.54, 1.807) is 5.01 Å². The molecule has 4 nitrogen and oxygen atoms in total. The standard InChI is InChI=1S/C11H14N2O2/c14-7-6-13-10(8-11(15)12-13)9-4-2-1-3-5-9/h1-5,10,14H,6-8H2,(H,12,15). The first-order valence-corrected chi connectivity index (χ1v) is 5.03. The zero-order valence-corrected chi connectivity index (χ0v) is 8.39. The van der Waals surface area contributed by atoms with Gasteiger partial charge in [0.25, 0.3) is 0 Å². The van der Waals surface area contributed by atoms with Crippen molar-refractivity contribution in [3.63, 3.8) is 0 Å². The zero-order valence-electron chi connectivity index (χ0n) is 8.39. The fourth-order valence-electron chi connectivity index (χ4n) is 1.86. The second-order valence-corrected chi connectivity index (χ2v) is 3.58. The van der Waals surface area contributed by atoms with Gasteiger partial charge in [0.15, 0.2) is 0 Å². The van der Waals surface area contributed by atoms with Crippen molar-refractivity contribution in [1.82, 2.24) is 10.4 Å². The van der Waals surface area contributed by atoms with Crippen molar-refractivity contribution in [1.29, 1.82) is 0 Å². The van der Waals surface area contributed by atoms with Crippen LogP contribution in [0.1, 0.15) is 18.0 Å². The molecule has 1 aromatic carbocycles. The van der Waals surface area contributed by atoms with Crippen LogP contribution < -0.4 is 5.43 Å². The van der Waals surface area contributed by atoms with Gasteiger partial charge in [-0.2, -0.15) is 0 Å². The lowest BCUT2D eigenvalue weighted by Crippen LogP contribution is -2.36. The fourth-order valence-corrected chi connectivity index (χ4v) is 1.86. The summed E-state index contributed by atoms with van der Waals surface area (Å²) in [4.78, 5) is 11.3. The summed E-state index contributed by atoms with van der Waals surface area (Å²) in [5, 5.41) is 10.7.